The van der Waals surface area contributed by atoms with Gasteiger partial charge in [-0.3, -0.25) is 0 Å². The van der Waals surface area contributed by atoms with E-state index in [1.807, 2.05) is 0 Å². The molecule has 3 heteroatoms. The van der Waals surface area contributed by atoms with Crippen LogP contribution in [0.1, 0.15) is 40.0 Å². The van der Waals surface area contributed by atoms with Crippen LogP contribution in [0.2, 0.25) is 0 Å². The van der Waals surface area contributed by atoms with Crippen molar-refractivity contribution >= 4 is 0 Å². The quantitative estimate of drug-likeness (QED) is 0.730. The summed E-state index contributed by atoms with van der Waals surface area (Å²) in [5.74, 6) is 0. The molecule has 0 saturated carbocycles. The van der Waals surface area contributed by atoms with Gasteiger partial charge in [-0.15, -0.1) is 0 Å². The molecule has 2 saturated heterocycles. The van der Waals surface area contributed by atoms with E-state index in [4.69, 9.17) is 0 Å². The van der Waals surface area contributed by atoms with E-state index in [-0.39, 0.29) is 0 Å². The second-order valence-electron chi connectivity index (χ2n) is 6.80. The maximum atomic E-state index is 2.63. The van der Waals surface area contributed by atoms with Crippen LogP contribution in [0.3, 0.4) is 0 Å². The van der Waals surface area contributed by atoms with Gasteiger partial charge in [-0.25, -0.2) is 10.0 Å². The molecule has 0 atom stereocenters. The predicted octanol–water partition coefficient (Wildman–Crippen LogP) is 2.05. The Morgan fingerprint density at radius 3 is 1.76 bits per heavy atom. The van der Waals surface area contributed by atoms with E-state index >= 15 is 0 Å². The second-order valence-corrected chi connectivity index (χ2v) is 6.80. The minimum Gasteiger partial charge on any atom is -0.300 e. The number of piperazine rings is 1. The van der Waals surface area contributed by atoms with Gasteiger partial charge in [0.2, 0.25) is 0 Å². The van der Waals surface area contributed by atoms with E-state index in [2.05, 4.69) is 35.7 Å². The van der Waals surface area contributed by atoms with Gasteiger partial charge < -0.3 is 4.90 Å². The normalized spacial score (nSPS) is 26.3. The lowest BCUT2D eigenvalue weighted by Gasteiger charge is -2.43. The van der Waals surface area contributed by atoms with Gasteiger partial charge in [-0.2, -0.15) is 0 Å². The monoisotopic (exact) mass is 239 g/mol. The Morgan fingerprint density at radius 1 is 0.706 bits per heavy atom. The minimum atomic E-state index is 0.438. The number of hydrogen-bond donors (Lipinski definition) is 0. The maximum absolute atomic E-state index is 2.63. The summed E-state index contributed by atoms with van der Waals surface area (Å²) in [4.78, 5) is 2.63. The summed E-state index contributed by atoms with van der Waals surface area (Å²) in [5.41, 5.74) is 0.438. The van der Waals surface area contributed by atoms with Gasteiger partial charge in [0.05, 0.1) is 0 Å². The third kappa shape index (κ3) is 4.23. The summed E-state index contributed by atoms with van der Waals surface area (Å²) >= 11 is 0. The molecule has 2 aliphatic rings. The molecule has 3 nitrogen and oxygen atoms in total. The number of hydrogen-bond acceptors (Lipinski definition) is 3. The van der Waals surface area contributed by atoms with E-state index in [1.54, 1.807) is 0 Å². The molecule has 0 amide bonds. The standard InChI is InChI=1S/C14H29N3/c1-14(2,3)13-15-9-11-17(12-10-15)16-7-5-4-6-8-16/h4-13H2,1-3H3. The van der Waals surface area contributed by atoms with E-state index in [1.165, 1.54) is 65.1 Å². The lowest BCUT2D eigenvalue weighted by molar-refractivity contribution is -0.0713. The number of rotatable bonds is 2. The molecule has 0 bridgehead atoms. The van der Waals surface area contributed by atoms with Crippen molar-refractivity contribution in [1.29, 1.82) is 0 Å². The molecular weight excluding hydrogens is 210 g/mol. The van der Waals surface area contributed by atoms with Crippen LogP contribution < -0.4 is 0 Å². The highest BCUT2D eigenvalue weighted by molar-refractivity contribution is 4.76. The summed E-state index contributed by atoms with van der Waals surface area (Å²) in [5, 5.41) is 5.19. The Kier molecular flexibility index (Phi) is 4.45. The maximum Gasteiger partial charge on any atom is 0.0261 e. The second kappa shape index (κ2) is 5.68. The molecule has 0 radical (unpaired) electrons. The van der Waals surface area contributed by atoms with Gasteiger partial charge in [0.15, 0.2) is 0 Å². The number of piperidine rings is 1. The topological polar surface area (TPSA) is 9.72 Å². The Balaban J connectivity index is 1.73. The van der Waals surface area contributed by atoms with Gasteiger partial charge in [0.1, 0.15) is 0 Å². The molecular formula is C14H29N3. The van der Waals surface area contributed by atoms with Gasteiger partial charge in [0, 0.05) is 45.8 Å². The molecule has 17 heavy (non-hydrogen) atoms. The average Bonchev–Trinajstić information content (AvgIpc) is 2.29. The van der Waals surface area contributed by atoms with Crippen LogP contribution >= 0.6 is 0 Å². The van der Waals surface area contributed by atoms with Crippen molar-refractivity contribution in [2.45, 2.75) is 40.0 Å². The lowest BCUT2D eigenvalue weighted by Crippen LogP contribution is -2.55. The largest absolute Gasteiger partial charge is 0.300 e. The van der Waals surface area contributed by atoms with Gasteiger partial charge in [0.25, 0.3) is 0 Å². The molecule has 2 heterocycles. The third-order valence-corrected chi connectivity index (χ3v) is 3.78. The summed E-state index contributed by atoms with van der Waals surface area (Å²) in [6.45, 7) is 15.8. The highest BCUT2D eigenvalue weighted by Gasteiger charge is 2.25. The molecule has 2 aliphatic heterocycles. The van der Waals surface area contributed by atoms with Crippen LogP contribution in [0.25, 0.3) is 0 Å². The summed E-state index contributed by atoms with van der Waals surface area (Å²) < 4.78 is 0. The molecule has 2 rings (SSSR count). The Hall–Kier alpha value is -0.120. The fourth-order valence-electron chi connectivity index (χ4n) is 3.01. The van der Waals surface area contributed by atoms with Crippen LogP contribution in [0.4, 0.5) is 0 Å². The van der Waals surface area contributed by atoms with Crippen LogP contribution in [0.5, 0.6) is 0 Å². The highest BCUT2D eigenvalue weighted by atomic mass is 15.6. The lowest BCUT2D eigenvalue weighted by atomic mass is 9.96. The zero-order valence-electron chi connectivity index (χ0n) is 11.9. The summed E-state index contributed by atoms with van der Waals surface area (Å²) in [7, 11) is 0. The average molecular weight is 239 g/mol. The molecule has 0 aliphatic carbocycles. The summed E-state index contributed by atoms with van der Waals surface area (Å²) in [6.07, 6.45) is 4.21. The Morgan fingerprint density at radius 2 is 1.24 bits per heavy atom. The van der Waals surface area contributed by atoms with Crippen molar-refractivity contribution in [2.75, 3.05) is 45.8 Å². The molecule has 0 aromatic heterocycles. The van der Waals surface area contributed by atoms with Crippen LogP contribution in [-0.2, 0) is 0 Å². The van der Waals surface area contributed by atoms with Crippen molar-refractivity contribution in [1.82, 2.24) is 14.9 Å². The molecule has 0 aromatic rings. The fraction of sp³-hybridized carbons (Fsp3) is 1.00. The van der Waals surface area contributed by atoms with Crippen molar-refractivity contribution in [3.63, 3.8) is 0 Å². The molecule has 100 valence electrons. The first-order valence-electron chi connectivity index (χ1n) is 7.27. The summed E-state index contributed by atoms with van der Waals surface area (Å²) in [6, 6.07) is 0. The van der Waals surface area contributed by atoms with E-state index < -0.39 is 0 Å². The molecule has 2 fully saturated rings. The third-order valence-electron chi connectivity index (χ3n) is 3.78. The SMILES string of the molecule is CC(C)(C)CN1CCN(N2CCCCC2)CC1. The predicted molar refractivity (Wildman–Crippen MR) is 72.9 cm³/mol. The van der Waals surface area contributed by atoms with Gasteiger partial charge in [-0.1, -0.05) is 27.2 Å². The van der Waals surface area contributed by atoms with Crippen molar-refractivity contribution in [3.05, 3.63) is 0 Å². The van der Waals surface area contributed by atoms with Crippen molar-refractivity contribution in [3.8, 4) is 0 Å². The van der Waals surface area contributed by atoms with Gasteiger partial charge >= 0.3 is 0 Å². The minimum absolute atomic E-state index is 0.438. The smallest absolute Gasteiger partial charge is 0.0261 e. The first kappa shape index (κ1) is 13.3. The van der Waals surface area contributed by atoms with Crippen LogP contribution in [-0.4, -0.2) is 60.7 Å². The molecule has 0 spiro atoms. The Labute approximate surface area is 107 Å². The van der Waals surface area contributed by atoms with Crippen LogP contribution in [0, 0.1) is 5.41 Å². The van der Waals surface area contributed by atoms with E-state index in [0.29, 0.717) is 5.41 Å². The first-order valence-corrected chi connectivity index (χ1v) is 7.27. The van der Waals surface area contributed by atoms with Crippen molar-refractivity contribution in [2.24, 2.45) is 5.41 Å². The zero-order chi connectivity index (χ0) is 12.3. The molecule has 0 N–H and O–H groups in total. The number of hydrazine groups is 1. The molecule has 0 aromatic carbocycles. The molecule has 0 unspecified atom stereocenters. The first-order chi connectivity index (χ1) is 8.04. The highest BCUT2D eigenvalue weighted by Crippen LogP contribution is 2.18. The number of nitrogens with zero attached hydrogens (tertiary/aromatic N) is 3. The van der Waals surface area contributed by atoms with E-state index in [9.17, 15) is 0 Å². The van der Waals surface area contributed by atoms with Crippen LogP contribution in [0.15, 0.2) is 0 Å². The van der Waals surface area contributed by atoms with Gasteiger partial charge in [-0.05, 0) is 18.3 Å². The Bertz CT molecular complexity index is 220. The van der Waals surface area contributed by atoms with Crippen molar-refractivity contribution < 1.29 is 0 Å². The fourth-order valence-corrected chi connectivity index (χ4v) is 3.01. The zero-order valence-corrected chi connectivity index (χ0v) is 11.9. The van der Waals surface area contributed by atoms with E-state index in [0.717, 1.165) is 0 Å².